The Morgan fingerprint density at radius 3 is 2.58 bits per heavy atom. The first kappa shape index (κ1) is 18.4. The molecular weight excluding hydrogens is 330 g/mol. The summed E-state index contributed by atoms with van der Waals surface area (Å²) in [4.78, 5) is 35.8. The quantitative estimate of drug-likeness (QED) is 0.725. The van der Waals surface area contributed by atoms with E-state index in [0.29, 0.717) is 22.9 Å². The Morgan fingerprint density at radius 2 is 2.00 bits per heavy atom. The van der Waals surface area contributed by atoms with Crippen LogP contribution >= 0.6 is 11.3 Å². The minimum Gasteiger partial charge on any atom is -0.462 e. The number of carbonyl (C=O) groups excluding carboxylic acids is 3. The monoisotopic (exact) mass is 353 g/mol. The van der Waals surface area contributed by atoms with Crippen LogP contribution in [0.3, 0.4) is 0 Å². The maximum atomic E-state index is 12.2. The molecule has 24 heavy (non-hydrogen) atoms. The predicted molar refractivity (Wildman–Crippen MR) is 91.3 cm³/mol. The van der Waals surface area contributed by atoms with Gasteiger partial charge in [-0.15, -0.1) is 11.3 Å². The topological polar surface area (TPSA) is 81.7 Å². The second kappa shape index (κ2) is 8.28. The van der Waals surface area contributed by atoms with E-state index in [4.69, 9.17) is 9.47 Å². The lowest BCUT2D eigenvalue weighted by Gasteiger charge is -2.10. The van der Waals surface area contributed by atoms with Crippen LogP contribution in [0.4, 0.5) is 5.00 Å². The summed E-state index contributed by atoms with van der Waals surface area (Å²) in [6.07, 6.45) is 2.75. The molecule has 1 unspecified atom stereocenters. The van der Waals surface area contributed by atoms with Crippen molar-refractivity contribution in [3.8, 4) is 0 Å². The minimum absolute atomic E-state index is 0.240. The lowest BCUT2D eigenvalue weighted by molar-refractivity contribution is -0.151. The molecular formula is C17H23NO5S. The fourth-order valence-corrected chi connectivity index (χ4v) is 3.23. The summed E-state index contributed by atoms with van der Waals surface area (Å²) in [7, 11) is 0. The van der Waals surface area contributed by atoms with Gasteiger partial charge in [-0.05, 0) is 43.0 Å². The normalized spacial score (nSPS) is 14.8. The Labute approximate surface area is 145 Å². The van der Waals surface area contributed by atoms with Crippen LogP contribution in [0.1, 0.15) is 61.9 Å². The van der Waals surface area contributed by atoms with Crippen LogP contribution in [-0.2, 0) is 19.1 Å². The second-order valence-electron chi connectivity index (χ2n) is 5.86. The van der Waals surface area contributed by atoms with Crippen LogP contribution in [0, 0.1) is 5.92 Å². The molecule has 2 rings (SSSR count). The molecule has 1 aromatic rings. The molecule has 0 aromatic carbocycles. The number of ether oxygens (including phenoxy) is 2. The van der Waals surface area contributed by atoms with Crippen molar-refractivity contribution in [1.82, 2.24) is 0 Å². The molecule has 1 saturated carbocycles. The van der Waals surface area contributed by atoms with Gasteiger partial charge in [0.05, 0.1) is 18.1 Å². The van der Waals surface area contributed by atoms with Crippen LogP contribution in [0.5, 0.6) is 0 Å². The van der Waals surface area contributed by atoms with Crippen LogP contribution < -0.4 is 5.32 Å². The molecule has 1 aliphatic carbocycles. The van der Waals surface area contributed by atoms with E-state index < -0.39 is 17.8 Å². The number of anilines is 1. The standard InChI is InChI=1S/C17H23NO5S/c1-4-10(3)16(20)23-8-13(19)18-15-14(17(21)22-5-2)12(9-24-15)11-6-7-11/h9-11H,4-8H2,1-3H3,(H,18,19). The first-order valence-corrected chi connectivity index (χ1v) is 9.10. The highest BCUT2D eigenvalue weighted by Crippen LogP contribution is 2.46. The third-order valence-corrected chi connectivity index (χ3v) is 4.84. The number of rotatable bonds is 8. The van der Waals surface area contributed by atoms with E-state index in [1.54, 1.807) is 13.8 Å². The Kier molecular flexibility index (Phi) is 6.36. The van der Waals surface area contributed by atoms with Gasteiger partial charge in [0, 0.05) is 0 Å². The van der Waals surface area contributed by atoms with Crippen molar-refractivity contribution in [2.45, 2.75) is 46.0 Å². The number of thiophene rings is 1. The van der Waals surface area contributed by atoms with E-state index in [-0.39, 0.29) is 19.1 Å². The van der Waals surface area contributed by atoms with Crippen molar-refractivity contribution < 1.29 is 23.9 Å². The van der Waals surface area contributed by atoms with Gasteiger partial charge in [-0.3, -0.25) is 9.59 Å². The van der Waals surface area contributed by atoms with Gasteiger partial charge in [0.1, 0.15) is 5.00 Å². The molecule has 1 atom stereocenters. The van der Waals surface area contributed by atoms with Crippen LogP contribution in [0.25, 0.3) is 0 Å². The van der Waals surface area contributed by atoms with Crippen LogP contribution in [0.15, 0.2) is 5.38 Å². The van der Waals surface area contributed by atoms with Gasteiger partial charge in [-0.1, -0.05) is 13.8 Å². The summed E-state index contributed by atoms with van der Waals surface area (Å²) < 4.78 is 10.1. The highest BCUT2D eigenvalue weighted by atomic mass is 32.1. The molecule has 0 saturated heterocycles. The second-order valence-corrected chi connectivity index (χ2v) is 6.73. The van der Waals surface area contributed by atoms with Crippen LogP contribution in [0.2, 0.25) is 0 Å². The van der Waals surface area contributed by atoms with Gasteiger partial charge in [-0.2, -0.15) is 0 Å². The predicted octanol–water partition coefficient (Wildman–Crippen LogP) is 3.33. The van der Waals surface area contributed by atoms with Gasteiger partial charge in [-0.25, -0.2) is 4.79 Å². The van der Waals surface area contributed by atoms with Crippen LogP contribution in [-0.4, -0.2) is 31.1 Å². The molecule has 7 heteroatoms. The van der Waals surface area contributed by atoms with Crippen molar-refractivity contribution in [3.63, 3.8) is 0 Å². The fraction of sp³-hybridized carbons (Fsp3) is 0.588. The number of amides is 1. The summed E-state index contributed by atoms with van der Waals surface area (Å²) in [5, 5.41) is 5.02. The van der Waals surface area contributed by atoms with E-state index in [9.17, 15) is 14.4 Å². The molecule has 1 fully saturated rings. The molecule has 0 bridgehead atoms. The van der Waals surface area contributed by atoms with Gasteiger partial charge >= 0.3 is 11.9 Å². The molecule has 0 spiro atoms. The Bertz CT molecular complexity index is 620. The summed E-state index contributed by atoms with van der Waals surface area (Å²) >= 11 is 1.30. The summed E-state index contributed by atoms with van der Waals surface area (Å²) in [6.45, 7) is 5.29. The first-order valence-electron chi connectivity index (χ1n) is 8.22. The Balaban J connectivity index is 2.02. The average Bonchev–Trinajstić information content (AvgIpc) is 3.33. The lowest BCUT2D eigenvalue weighted by atomic mass is 10.1. The maximum Gasteiger partial charge on any atom is 0.341 e. The van der Waals surface area contributed by atoms with Gasteiger partial charge in [0.15, 0.2) is 6.61 Å². The number of hydrogen-bond acceptors (Lipinski definition) is 6. The molecule has 1 aliphatic rings. The summed E-state index contributed by atoms with van der Waals surface area (Å²) in [5.41, 5.74) is 1.37. The average molecular weight is 353 g/mol. The van der Waals surface area contributed by atoms with Crippen molar-refractivity contribution in [2.75, 3.05) is 18.5 Å². The van der Waals surface area contributed by atoms with Gasteiger partial charge in [0.2, 0.25) is 0 Å². The maximum absolute atomic E-state index is 12.2. The number of carbonyl (C=O) groups is 3. The third-order valence-electron chi connectivity index (χ3n) is 3.93. The molecule has 1 amide bonds. The highest BCUT2D eigenvalue weighted by molar-refractivity contribution is 7.15. The molecule has 1 aromatic heterocycles. The van der Waals surface area contributed by atoms with Crippen molar-refractivity contribution in [3.05, 3.63) is 16.5 Å². The van der Waals surface area contributed by atoms with Crippen molar-refractivity contribution >= 4 is 34.2 Å². The van der Waals surface area contributed by atoms with E-state index in [1.165, 1.54) is 11.3 Å². The number of esters is 2. The number of hydrogen-bond donors (Lipinski definition) is 1. The Morgan fingerprint density at radius 1 is 1.29 bits per heavy atom. The summed E-state index contributed by atoms with van der Waals surface area (Å²) in [5.74, 6) is -1.15. The molecule has 1 heterocycles. The SMILES string of the molecule is CCOC(=O)c1c(C2CC2)csc1NC(=O)COC(=O)C(C)CC. The van der Waals surface area contributed by atoms with Crippen molar-refractivity contribution in [2.24, 2.45) is 5.92 Å². The zero-order valence-corrected chi connectivity index (χ0v) is 15.0. The van der Waals surface area contributed by atoms with Gasteiger partial charge in [0.25, 0.3) is 5.91 Å². The van der Waals surface area contributed by atoms with E-state index in [1.807, 2.05) is 12.3 Å². The molecule has 0 radical (unpaired) electrons. The summed E-state index contributed by atoms with van der Waals surface area (Å²) in [6, 6.07) is 0. The minimum atomic E-state index is -0.457. The Hall–Kier alpha value is -1.89. The van der Waals surface area contributed by atoms with E-state index in [0.717, 1.165) is 18.4 Å². The third kappa shape index (κ3) is 4.56. The molecule has 1 N–H and O–H groups in total. The zero-order valence-electron chi connectivity index (χ0n) is 14.2. The molecule has 132 valence electrons. The number of nitrogens with one attached hydrogen (secondary N) is 1. The smallest absolute Gasteiger partial charge is 0.341 e. The largest absolute Gasteiger partial charge is 0.462 e. The molecule has 0 aliphatic heterocycles. The highest BCUT2D eigenvalue weighted by Gasteiger charge is 2.32. The van der Waals surface area contributed by atoms with Gasteiger partial charge < -0.3 is 14.8 Å². The fourth-order valence-electron chi connectivity index (χ4n) is 2.18. The van der Waals surface area contributed by atoms with Crippen molar-refractivity contribution in [1.29, 1.82) is 0 Å². The molecule has 6 nitrogen and oxygen atoms in total. The van der Waals surface area contributed by atoms with E-state index >= 15 is 0 Å². The lowest BCUT2D eigenvalue weighted by Crippen LogP contribution is -2.24. The zero-order chi connectivity index (χ0) is 17.7. The van der Waals surface area contributed by atoms with E-state index in [2.05, 4.69) is 5.32 Å². The first-order chi connectivity index (χ1) is 11.5.